The number of aromatic nitrogens is 2. The molecule has 0 spiro atoms. The molecule has 0 radical (unpaired) electrons. The summed E-state index contributed by atoms with van der Waals surface area (Å²) >= 11 is 1.51. The van der Waals surface area contributed by atoms with Gasteiger partial charge < -0.3 is 14.4 Å². The van der Waals surface area contributed by atoms with Crippen LogP contribution in [-0.2, 0) is 22.6 Å². The van der Waals surface area contributed by atoms with Crippen molar-refractivity contribution in [1.29, 1.82) is 0 Å². The lowest BCUT2D eigenvalue weighted by Crippen LogP contribution is -2.38. The highest BCUT2D eigenvalue weighted by Gasteiger charge is 2.27. The van der Waals surface area contributed by atoms with Crippen LogP contribution >= 0.6 is 11.3 Å². The van der Waals surface area contributed by atoms with Crippen LogP contribution in [0.2, 0.25) is 0 Å². The minimum Gasteiger partial charge on any atom is -0.464 e. The van der Waals surface area contributed by atoms with Crippen molar-refractivity contribution in [1.82, 2.24) is 14.7 Å². The second-order valence-corrected chi connectivity index (χ2v) is 7.28. The lowest BCUT2D eigenvalue weighted by Gasteiger charge is -2.27. The molecular weight excluding hydrogens is 342 g/mol. The first kappa shape index (κ1) is 16.3. The Morgan fingerprint density at radius 2 is 2.24 bits per heavy atom. The molecule has 8 heteroatoms. The van der Waals surface area contributed by atoms with Crippen molar-refractivity contribution in [3.63, 3.8) is 0 Å². The van der Waals surface area contributed by atoms with Gasteiger partial charge in [0.05, 0.1) is 36.9 Å². The number of fused-ring (bicyclic) bond motifs is 1. The zero-order valence-corrected chi connectivity index (χ0v) is 14.8. The van der Waals surface area contributed by atoms with Gasteiger partial charge in [-0.3, -0.25) is 9.48 Å². The van der Waals surface area contributed by atoms with E-state index in [-0.39, 0.29) is 17.7 Å². The van der Waals surface area contributed by atoms with Crippen molar-refractivity contribution in [3.8, 4) is 0 Å². The third-order valence-electron chi connectivity index (χ3n) is 4.56. The van der Waals surface area contributed by atoms with Crippen LogP contribution < -0.4 is 0 Å². The molecule has 0 N–H and O–H groups in total. The minimum absolute atomic E-state index is 0.0151. The second-order valence-electron chi connectivity index (χ2n) is 6.17. The molecule has 0 aliphatic carbocycles. The van der Waals surface area contributed by atoms with Crippen LogP contribution in [0.15, 0.2) is 18.2 Å². The van der Waals surface area contributed by atoms with Gasteiger partial charge in [0, 0.05) is 18.0 Å². The van der Waals surface area contributed by atoms with E-state index in [2.05, 4.69) is 5.10 Å². The number of hydrogen-bond donors (Lipinski definition) is 0. The molecule has 0 aromatic carbocycles. The van der Waals surface area contributed by atoms with E-state index in [1.54, 1.807) is 15.6 Å². The lowest BCUT2D eigenvalue weighted by atomic mass is 10.2. The first-order valence-electron chi connectivity index (χ1n) is 8.31. The van der Waals surface area contributed by atoms with Crippen LogP contribution in [0.4, 0.5) is 0 Å². The molecule has 25 heavy (non-hydrogen) atoms. The fourth-order valence-electron chi connectivity index (χ4n) is 3.24. The maximum atomic E-state index is 12.8. The summed E-state index contributed by atoms with van der Waals surface area (Å²) in [7, 11) is 1.33. The fraction of sp³-hybridized carbons (Fsp3) is 0.471. The zero-order chi connectivity index (χ0) is 17.4. The Morgan fingerprint density at radius 3 is 3.00 bits per heavy atom. The molecule has 0 unspecified atom stereocenters. The highest BCUT2D eigenvalue weighted by Crippen LogP contribution is 2.34. The summed E-state index contributed by atoms with van der Waals surface area (Å²) in [5.74, 6) is -0.444. The number of hydrogen-bond acceptors (Lipinski definition) is 6. The Bertz CT molecular complexity index is 807. The molecule has 1 fully saturated rings. The van der Waals surface area contributed by atoms with Crippen LogP contribution in [0.5, 0.6) is 0 Å². The largest absolute Gasteiger partial charge is 0.464 e. The van der Waals surface area contributed by atoms with Gasteiger partial charge >= 0.3 is 5.97 Å². The number of esters is 1. The molecule has 7 nitrogen and oxygen atoms in total. The van der Waals surface area contributed by atoms with Gasteiger partial charge in [0.1, 0.15) is 0 Å². The number of carbonyl (C=O) groups is 2. The lowest BCUT2D eigenvalue weighted by molar-refractivity contribution is 0.0591. The maximum Gasteiger partial charge on any atom is 0.358 e. The number of methoxy groups -OCH3 is 1. The molecule has 2 aliphatic rings. The Morgan fingerprint density at radius 1 is 1.36 bits per heavy atom. The van der Waals surface area contributed by atoms with Crippen molar-refractivity contribution < 1.29 is 19.1 Å². The predicted octanol–water partition coefficient (Wildman–Crippen LogP) is 2.24. The molecule has 2 aromatic rings. The summed E-state index contributed by atoms with van der Waals surface area (Å²) in [4.78, 5) is 28.1. The van der Waals surface area contributed by atoms with Gasteiger partial charge in [-0.25, -0.2) is 4.79 Å². The van der Waals surface area contributed by atoms with Crippen LogP contribution in [0.1, 0.15) is 49.7 Å². The summed E-state index contributed by atoms with van der Waals surface area (Å²) in [6.07, 6.45) is 2.23. The standard InChI is InChI=1S/C17H19N3O4S/c1-23-17(22)12-9-11-10-19(6-7-20(11)18-12)16(21)15-5-4-14(25-15)13-3-2-8-24-13/h4-5,9,13H,2-3,6-8,10H2,1H3/t13-/m1/s1. The normalized spacial score (nSPS) is 19.7. The zero-order valence-electron chi connectivity index (χ0n) is 13.9. The third kappa shape index (κ3) is 3.07. The Labute approximate surface area is 149 Å². The van der Waals surface area contributed by atoms with E-state index in [9.17, 15) is 9.59 Å². The van der Waals surface area contributed by atoms with Gasteiger partial charge in [0.15, 0.2) is 5.69 Å². The first-order chi connectivity index (χ1) is 12.2. The van der Waals surface area contributed by atoms with Crippen molar-refractivity contribution >= 4 is 23.2 Å². The topological polar surface area (TPSA) is 73.7 Å². The van der Waals surface area contributed by atoms with Gasteiger partial charge in [0.25, 0.3) is 5.91 Å². The molecule has 2 aromatic heterocycles. The number of carbonyl (C=O) groups excluding carboxylic acids is 2. The summed E-state index contributed by atoms with van der Waals surface area (Å²) in [5, 5.41) is 4.23. The Kier molecular flexibility index (Phi) is 4.30. The quantitative estimate of drug-likeness (QED) is 0.784. The van der Waals surface area contributed by atoms with Crippen molar-refractivity contribution in [2.24, 2.45) is 0 Å². The Balaban J connectivity index is 1.48. The number of ether oxygens (including phenoxy) is 2. The number of rotatable bonds is 3. The number of amides is 1. The van der Waals surface area contributed by atoms with Gasteiger partial charge in [-0.1, -0.05) is 0 Å². The maximum absolute atomic E-state index is 12.8. The van der Waals surface area contributed by atoms with E-state index < -0.39 is 5.97 Å². The van der Waals surface area contributed by atoms with Crippen LogP contribution in [-0.4, -0.2) is 46.8 Å². The van der Waals surface area contributed by atoms with Gasteiger partial charge in [-0.2, -0.15) is 5.10 Å². The SMILES string of the molecule is COC(=O)c1cc2n(n1)CCN(C(=O)c1ccc([C@H]3CCCO3)s1)C2. The summed E-state index contributed by atoms with van der Waals surface area (Å²) in [5.41, 5.74) is 1.12. The highest BCUT2D eigenvalue weighted by molar-refractivity contribution is 7.14. The number of thiophene rings is 1. The van der Waals surface area contributed by atoms with E-state index in [4.69, 9.17) is 9.47 Å². The molecule has 2 aliphatic heterocycles. The smallest absolute Gasteiger partial charge is 0.358 e. The van der Waals surface area contributed by atoms with Crippen molar-refractivity contribution in [2.75, 3.05) is 20.3 Å². The first-order valence-corrected chi connectivity index (χ1v) is 9.13. The van der Waals surface area contributed by atoms with E-state index in [0.717, 1.165) is 34.9 Å². The molecule has 1 atom stereocenters. The summed E-state index contributed by atoms with van der Waals surface area (Å²) in [6.45, 7) is 2.38. The van der Waals surface area contributed by atoms with Crippen molar-refractivity contribution in [2.45, 2.75) is 32.0 Å². The third-order valence-corrected chi connectivity index (χ3v) is 5.73. The molecule has 1 saturated heterocycles. The predicted molar refractivity (Wildman–Crippen MR) is 90.6 cm³/mol. The Hall–Kier alpha value is -2.19. The molecule has 0 saturated carbocycles. The summed E-state index contributed by atoms with van der Waals surface area (Å²) < 4.78 is 12.2. The second kappa shape index (κ2) is 6.61. The van der Waals surface area contributed by atoms with E-state index in [1.807, 2.05) is 12.1 Å². The van der Waals surface area contributed by atoms with Crippen LogP contribution in [0.3, 0.4) is 0 Å². The molecular formula is C17H19N3O4S. The van der Waals surface area contributed by atoms with Crippen LogP contribution in [0.25, 0.3) is 0 Å². The fourth-order valence-corrected chi connectivity index (χ4v) is 4.30. The monoisotopic (exact) mass is 361 g/mol. The summed E-state index contributed by atoms with van der Waals surface area (Å²) in [6, 6.07) is 5.57. The van der Waals surface area contributed by atoms with E-state index in [1.165, 1.54) is 18.4 Å². The van der Waals surface area contributed by atoms with E-state index in [0.29, 0.717) is 19.6 Å². The highest BCUT2D eigenvalue weighted by atomic mass is 32.1. The number of nitrogens with zero attached hydrogens (tertiary/aromatic N) is 3. The average Bonchev–Trinajstić information content (AvgIpc) is 3.38. The molecule has 1 amide bonds. The van der Waals surface area contributed by atoms with Gasteiger partial charge in [-0.15, -0.1) is 11.3 Å². The molecule has 0 bridgehead atoms. The average molecular weight is 361 g/mol. The molecule has 4 heterocycles. The van der Waals surface area contributed by atoms with Gasteiger partial charge in [0.2, 0.25) is 0 Å². The van der Waals surface area contributed by atoms with Gasteiger partial charge in [-0.05, 0) is 31.0 Å². The minimum atomic E-state index is -0.459. The molecule has 132 valence electrons. The van der Waals surface area contributed by atoms with E-state index >= 15 is 0 Å². The van der Waals surface area contributed by atoms with Crippen LogP contribution in [0, 0.1) is 0 Å². The van der Waals surface area contributed by atoms with Crippen molar-refractivity contribution in [3.05, 3.63) is 39.3 Å². The molecule has 4 rings (SSSR count).